The maximum Gasteiger partial charge on any atom is 0.246 e. The van der Waals surface area contributed by atoms with Gasteiger partial charge >= 0.3 is 0 Å². The number of piperazine rings is 1. The van der Waals surface area contributed by atoms with Gasteiger partial charge in [-0.15, -0.1) is 23.2 Å². The van der Waals surface area contributed by atoms with Gasteiger partial charge in [0.15, 0.2) is 0 Å². The topological polar surface area (TPSA) is 58.2 Å². The Bertz CT molecular complexity index is 239. The summed E-state index contributed by atoms with van der Waals surface area (Å²) in [6.45, 7) is 0.0329. The third-order valence-electron chi connectivity index (χ3n) is 2.27. The molecule has 80 valence electrons. The lowest BCUT2D eigenvalue weighted by molar-refractivity contribution is -0.138. The smallest absolute Gasteiger partial charge is 0.246 e. The minimum absolute atomic E-state index is 0.0329. The molecular weight excluding hydrogens is 227 g/mol. The van der Waals surface area contributed by atoms with Crippen molar-refractivity contribution >= 4 is 35.0 Å². The lowest BCUT2D eigenvalue weighted by Crippen LogP contribution is -2.66. The van der Waals surface area contributed by atoms with E-state index in [0.717, 1.165) is 0 Å². The highest BCUT2D eigenvalue weighted by Gasteiger charge is 2.41. The molecule has 0 aromatic rings. The molecule has 0 aliphatic carbocycles. The number of rotatable bonds is 4. The molecule has 0 saturated carbocycles. The molecule has 0 bridgehead atoms. The van der Waals surface area contributed by atoms with E-state index in [0.29, 0.717) is 24.6 Å². The fourth-order valence-electron chi connectivity index (χ4n) is 1.50. The van der Waals surface area contributed by atoms with Crippen LogP contribution >= 0.6 is 23.2 Å². The Balaban J connectivity index is 2.80. The average molecular weight is 239 g/mol. The Kier molecular flexibility index (Phi) is 4.01. The summed E-state index contributed by atoms with van der Waals surface area (Å²) in [5.74, 6) is 0.230. The highest BCUT2D eigenvalue weighted by Crippen LogP contribution is 2.19. The number of amides is 2. The molecule has 0 radical (unpaired) electrons. The largest absolute Gasteiger partial charge is 0.345 e. The van der Waals surface area contributed by atoms with Gasteiger partial charge in [-0.1, -0.05) is 0 Å². The Labute approximate surface area is 92.3 Å². The second-order valence-corrected chi connectivity index (χ2v) is 3.95. The number of halogens is 2. The maximum atomic E-state index is 11.6. The van der Waals surface area contributed by atoms with Crippen LogP contribution in [0.25, 0.3) is 0 Å². The fourth-order valence-corrected chi connectivity index (χ4v) is 2.14. The van der Waals surface area contributed by atoms with Crippen LogP contribution in [-0.2, 0) is 9.59 Å². The van der Waals surface area contributed by atoms with E-state index >= 15 is 0 Å². The molecule has 0 aromatic heterocycles. The SMILES string of the molecule is O=C1CNC(=O)C(CCCl)(CCCl)N1. The molecule has 6 heteroatoms. The number of carbonyl (C=O) groups is 2. The number of nitrogens with one attached hydrogen (secondary N) is 2. The summed E-state index contributed by atoms with van der Waals surface area (Å²) in [5.41, 5.74) is -0.904. The van der Waals surface area contributed by atoms with Crippen molar-refractivity contribution in [3.05, 3.63) is 0 Å². The highest BCUT2D eigenvalue weighted by molar-refractivity contribution is 6.19. The predicted octanol–water partition coefficient (Wildman–Crippen LogP) is 0.229. The number of hydrogen-bond donors (Lipinski definition) is 2. The van der Waals surface area contributed by atoms with E-state index < -0.39 is 5.54 Å². The Morgan fingerprint density at radius 2 is 1.79 bits per heavy atom. The molecule has 1 aliphatic rings. The van der Waals surface area contributed by atoms with Crippen LogP contribution in [0.1, 0.15) is 12.8 Å². The van der Waals surface area contributed by atoms with E-state index in [9.17, 15) is 9.59 Å². The van der Waals surface area contributed by atoms with Crippen molar-refractivity contribution in [1.82, 2.24) is 10.6 Å². The zero-order valence-electron chi connectivity index (χ0n) is 7.61. The average Bonchev–Trinajstić information content (AvgIpc) is 2.13. The van der Waals surface area contributed by atoms with Gasteiger partial charge < -0.3 is 10.6 Å². The summed E-state index contributed by atoms with van der Waals surface area (Å²) in [6, 6.07) is 0. The van der Waals surface area contributed by atoms with Crippen molar-refractivity contribution < 1.29 is 9.59 Å². The van der Waals surface area contributed by atoms with Crippen molar-refractivity contribution in [1.29, 1.82) is 0 Å². The van der Waals surface area contributed by atoms with Gasteiger partial charge in [0.2, 0.25) is 11.8 Å². The minimum Gasteiger partial charge on any atom is -0.345 e. The van der Waals surface area contributed by atoms with Gasteiger partial charge in [-0.3, -0.25) is 9.59 Å². The molecule has 1 rings (SSSR count). The van der Waals surface area contributed by atoms with Crippen LogP contribution in [0, 0.1) is 0 Å². The summed E-state index contributed by atoms with van der Waals surface area (Å²) in [4.78, 5) is 22.8. The van der Waals surface area contributed by atoms with Crippen LogP contribution in [0.3, 0.4) is 0 Å². The van der Waals surface area contributed by atoms with E-state index in [1.54, 1.807) is 0 Å². The van der Waals surface area contributed by atoms with Crippen LogP contribution in [0.4, 0.5) is 0 Å². The molecular formula is C8H12Cl2N2O2. The van der Waals surface area contributed by atoms with Crippen molar-refractivity contribution in [2.45, 2.75) is 18.4 Å². The van der Waals surface area contributed by atoms with Crippen LogP contribution in [0.5, 0.6) is 0 Å². The van der Waals surface area contributed by atoms with Crippen LogP contribution < -0.4 is 10.6 Å². The zero-order valence-corrected chi connectivity index (χ0v) is 9.12. The third-order valence-corrected chi connectivity index (χ3v) is 2.64. The zero-order chi connectivity index (χ0) is 10.6. The quantitative estimate of drug-likeness (QED) is 0.690. The lowest BCUT2D eigenvalue weighted by atomic mass is 9.90. The van der Waals surface area contributed by atoms with E-state index in [1.807, 2.05) is 0 Å². The van der Waals surface area contributed by atoms with Gasteiger partial charge in [-0.2, -0.15) is 0 Å². The molecule has 0 unspecified atom stereocenters. The minimum atomic E-state index is -0.904. The summed E-state index contributed by atoms with van der Waals surface area (Å²) in [5, 5.41) is 5.19. The molecule has 4 nitrogen and oxygen atoms in total. The van der Waals surface area contributed by atoms with Gasteiger partial charge in [0.25, 0.3) is 0 Å². The Morgan fingerprint density at radius 3 is 2.29 bits per heavy atom. The van der Waals surface area contributed by atoms with Crippen LogP contribution in [0.2, 0.25) is 0 Å². The first kappa shape index (κ1) is 11.6. The summed E-state index contributed by atoms with van der Waals surface area (Å²) in [6.07, 6.45) is 0.803. The number of carbonyl (C=O) groups excluding carboxylic acids is 2. The van der Waals surface area contributed by atoms with E-state index in [1.165, 1.54) is 0 Å². The van der Waals surface area contributed by atoms with Crippen molar-refractivity contribution in [3.63, 3.8) is 0 Å². The molecule has 0 aromatic carbocycles. The Morgan fingerprint density at radius 1 is 1.21 bits per heavy atom. The van der Waals surface area contributed by atoms with Crippen LogP contribution in [0.15, 0.2) is 0 Å². The first-order valence-electron chi connectivity index (χ1n) is 4.36. The van der Waals surface area contributed by atoms with Gasteiger partial charge in [-0.05, 0) is 12.8 Å². The summed E-state index contributed by atoms with van der Waals surface area (Å²) in [7, 11) is 0. The normalized spacial score (nSPS) is 20.1. The van der Waals surface area contributed by atoms with Gasteiger partial charge in [0.05, 0.1) is 6.54 Å². The number of alkyl halides is 2. The fraction of sp³-hybridized carbons (Fsp3) is 0.750. The first-order valence-corrected chi connectivity index (χ1v) is 5.43. The standard InChI is InChI=1S/C8H12Cl2N2O2/c9-3-1-8(2-4-10)7(14)11-5-6(13)12-8/h1-5H2,(H,11,14)(H,12,13). The van der Waals surface area contributed by atoms with Gasteiger partial charge in [0, 0.05) is 11.8 Å². The van der Waals surface area contributed by atoms with E-state index in [-0.39, 0.29) is 18.4 Å². The van der Waals surface area contributed by atoms with E-state index in [4.69, 9.17) is 23.2 Å². The van der Waals surface area contributed by atoms with Crippen LogP contribution in [-0.4, -0.2) is 35.7 Å². The molecule has 1 heterocycles. The molecule has 2 amide bonds. The van der Waals surface area contributed by atoms with Gasteiger partial charge in [0.1, 0.15) is 5.54 Å². The first-order chi connectivity index (χ1) is 6.64. The van der Waals surface area contributed by atoms with Crippen molar-refractivity contribution in [2.24, 2.45) is 0 Å². The monoisotopic (exact) mass is 238 g/mol. The second kappa shape index (κ2) is 4.84. The third kappa shape index (κ3) is 2.30. The molecule has 2 N–H and O–H groups in total. The molecule has 14 heavy (non-hydrogen) atoms. The van der Waals surface area contributed by atoms with E-state index in [2.05, 4.69) is 10.6 Å². The number of hydrogen-bond acceptors (Lipinski definition) is 2. The predicted molar refractivity (Wildman–Crippen MR) is 54.6 cm³/mol. The Hall–Kier alpha value is -0.480. The molecule has 1 aliphatic heterocycles. The molecule has 0 spiro atoms. The van der Waals surface area contributed by atoms with Crippen molar-refractivity contribution in [3.8, 4) is 0 Å². The van der Waals surface area contributed by atoms with Gasteiger partial charge in [-0.25, -0.2) is 0 Å². The summed E-state index contributed by atoms with van der Waals surface area (Å²) < 4.78 is 0. The van der Waals surface area contributed by atoms with Crippen molar-refractivity contribution in [2.75, 3.05) is 18.3 Å². The second-order valence-electron chi connectivity index (χ2n) is 3.19. The summed E-state index contributed by atoms with van der Waals surface area (Å²) >= 11 is 11.2. The highest BCUT2D eigenvalue weighted by atomic mass is 35.5. The molecule has 1 saturated heterocycles. The lowest BCUT2D eigenvalue weighted by Gasteiger charge is -2.35. The maximum absolute atomic E-state index is 11.6. The molecule has 0 atom stereocenters. The molecule has 1 fully saturated rings.